The van der Waals surface area contributed by atoms with E-state index < -0.39 is 30.2 Å². The van der Waals surface area contributed by atoms with Crippen molar-refractivity contribution in [2.75, 3.05) is 57.3 Å². The van der Waals surface area contributed by atoms with Crippen molar-refractivity contribution in [1.29, 1.82) is 0 Å². The molecular formula is C15H27Cl9O8P2. The molecule has 0 atom stereocenters. The van der Waals surface area contributed by atoms with Gasteiger partial charge in [0, 0.05) is 36.9 Å². The van der Waals surface area contributed by atoms with Gasteiger partial charge in [-0.05, 0) is 0 Å². The van der Waals surface area contributed by atoms with E-state index in [1.807, 2.05) is 0 Å². The zero-order valence-corrected chi connectivity index (χ0v) is 26.4. The van der Waals surface area contributed by atoms with E-state index in [1.165, 1.54) is 0 Å². The standard InChI is InChI=1S/C9H15Cl6O4P.C6H12Cl3O4P/c10-7(11)1-4-17-20(16,18-5-2-8(12)13)19-6-3-9(14)15;7-1-4-11-14(10,12-5-2-8)13-6-3-9/h7-9H,1-6H2;1-6H2. The number of hydrogen-bond donors (Lipinski definition) is 0. The molecular weight excluding hydrogens is 689 g/mol. The summed E-state index contributed by atoms with van der Waals surface area (Å²) >= 11 is 49.4. The van der Waals surface area contributed by atoms with Gasteiger partial charge in [-0.25, -0.2) is 9.13 Å². The van der Waals surface area contributed by atoms with Crippen molar-refractivity contribution >= 4 is 120 Å². The molecule has 0 aromatic heterocycles. The summed E-state index contributed by atoms with van der Waals surface area (Å²) in [5.41, 5.74) is 0. The Kier molecular flexibility index (Phi) is 28.5. The molecule has 0 spiro atoms. The lowest BCUT2D eigenvalue weighted by atomic mass is 10.5. The van der Waals surface area contributed by atoms with Crippen molar-refractivity contribution in [3.63, 3.8) is 0 Å². The van der Waals surface area contributed by atoms with Gasteiger partial charge < -0.3 is 0 Å². The third-order valence-electron chi connectivity index (χ3n) is 2.74. The van der Waals surface area contributed by atoms with E-state index >= 15 is 0 Å². The minimum absolute atomic E-state index is 0.0191. The zero-order valence-electron chi connectivity index (χ0n) is 17.8. The Morgan fingerprint density at radius 3 is 0.824 bits per heavy atom. The second-order valence-corrected chi connectivity index (χ2v) is 13.8. The molecule has 208 valence electrons. The fourth-order valence-corrected chi connectivity index (χ4v) is 4.89. The molecule has 0 saturated heterocycles. The smallest absolute Gasteiger partial charge is 0.287 e. The molecule has 0 radical (unpaired) electrons. The maximum atomic E-state index is 12.2. The van der Waals surface area contributed by atoms with Gasteiger partial charge in [0.1, 0.15) is 14.5 Å². The van der Waals surface area contributed by atoms with Crippen LogP contribution in [0.15, 0.2) is 0 Å². The van der Waals surface area contributed by atoms with Crippen LogP contribution in [-0.4, -0.2) is 71.8 Å². The van der Waals surface area contributed by atoms with Gasteiger partial charge in [-0.15, -0.1) is 104 Å². The van der Waals surface area contributed by atoms with Crippen LogP contribution in [0.4, 0.5) is 0 Å². The van der Waals surface area contributed by atoms with Crippen molar-refractivity contribution in [3.8, 4) is 0 Å². The van der Waals surface area contributed by atoms with Crippen molar-refractivity contribution in [1.82, 2.24) is 0 Å². The van der Waals surface area contributed by atoms with Crippen LogP contribution < -0.4 is 0 Å². The van der Waals surface area contributed by atoms with E-state index in [-0.39, 0.29) is 76.5 Å². The molecule has 0 heterocycles. The predicted octanol–water partition coefficient (Wildman–Crippen LogP) is 8.59. The number of phosphoric ester groups is 2. The maximum Gasteiger partial charge on any atom is 0.474 e. The molecule has 0 aliphatic carbocycles. The van der Waals surface area contributed by atoms with Gasteiger partial charge in [-0.3, -0.25) is 27.1 Å². The molecule has 0 saturated carbocycles. The van der Waals surface area contributed by atoms with Crippen LogP contribution >= 0.6 is 120 Å². The SMILES string of the molecule is O=P(OCCC(Cl)Cl)(OCCC(Cl)Cl)OCCC(Cl)Cl.O=P(OCCCl)(OCCCl)OCCCl. The molecule has 0 unspecified atom stereocenters. The van der Waals surface area contributed by atoms with Crippen molar-refractivity contribution in [2.24, 2.45) is 0 Å². The van der Waals surface area contributed by atoms with Crippen LogP contribution in [0.1, 0.15) is 19.3 Å². The molecule has 8 nitrogen and oxygen atoms in total. The van der Waals surface area contributed by atoms with Gasteiger partial charge in [-0.1, -0.05) is 0 Å². The van der Waals surface area contributed by atoms with Crippen molar-refractivity contribution in [2.45, 2.75) is 33.8 Å². The van der Waals surface area contributed by atoms with E-state index in [9.17, 15) is 9.13 Å². The van der Waals surface area contributed by atoms with Crippen molar-refractivity contribution in [3.05, 3.63) is 0 Å². The Hall–Kier alpha value is 2.83. The summed E-state index contributed by atoms with van der Waals surface area (Å²) in [5.74, 6) is 0.620. The largest absolute Gasteiger partial charge is 0.474 e. The molecule has 19 heteroatoms. The molecule has 0 rings (SSSR count). The summed E-state index contributed by atoms with van der Waals surface area (Å²) in [5, 5.41) is 0. The maximum absolute atomic E-state index is 12.2. The van der Waals surface area contributed by atoms with Crippen LogP contribution in [0.2, 0.25) is 0 Å². The average Bonchev–Trinajstić information content (AvgIpc) is 2.75. The van der Waals surface area contributed by atoms with E-state index in [1.54, 1.807) is 0 Å². The normalized spacial score (nSPS) is 12.5. The topological polar surface area (TPSA) is 89.5 Å². The first-order valence-corrected chi connectivity index (χ1v) is 16.7. The number of phosphoric acid groups is 2. The molecule has 0 aliphatic heterocycles. The van der Waals surface area contributed by atoms with Gasteiger partial charge in [0.25, 0.3) is 0 Å². The van der Waals surface area contributed by atoms with Crippen LogP contribution in [0.5, 0.6) is 0 Å². The minimum atomic E-state index is -3.74. The monoisotopic (exact) mass is 712 g/mol. The predicted molar refractivity (Wildman–Crippen MR) is 143 cm³/mol. The first-order chi connectivity index (χ1) is 15.9. The third kappa shape index (κ3) is 26.4. The lowest BCUT2D eigenvalue weighted by Crippen LogP contribution is -2.07. The molecule has 0 aromatic carbocycles. The van der Waals surface area contributed by atoms with E-state index in [0.29, 0.717) is 0 Å². The number of halogens is 9. The highest BCUT2D eigenvalue weighted by Gasteiger charge is 2.27. The first-order valence-electron chi connectivity index (χ1n) is 9.53. The summed E-state index contributed by atoms with van der Waals surface area (Å²) < 4.78 is 53.6. The number of alkyl halides is 9. The Morgan fingerprint density at radius 2 is 0.647 bits per heavy atom. The Labute approximate surface area is 245 Å². The van der Waals surface area contributed by atoms with Crippen LogP contribution in [0.3, 0.4) is 0 Å². The van der Waals surface area contributed by atoms with Gasteiger partial charge in [0.05, 0.1) is 39.6 Å². The third-order valence-corrected chi connectivity index (χ3v) is 7.50. The summed E-state index contributed by atoms with van der Waals surface area (Å²) in [6.07, 6.45) is 0.837. The highest BCUT2D eigenvalue weighted by molar-refractivity contribution is 7.48. The van der Waals surface area contributed by atoms with Gasteiger partial charge >= 0.3 is 15.6 Å². The van der Waals surface area contributed by atoms with E-state index in [4.69, 9.17) is 132 Å². The highest BCUT2D eigenvalue weighted by Crippen LogP contribution is 2.50. The van der Waals surface area contributed by atoms with Gasteiger partial charge in [0.15, 0.2) is 0 Å². The van der Waals surface area contributed by atoms with E-state index in [2.05, 4.69) is 0 Å². The second-order valence-electron chi connectivity index (χ2n) is 5.50. The molecule has 34 heavy (non-hydrogen) atoms. The molecule has 0 fully saturated rings. The van der Waals surface area contributed by atoms with Crippen LogP contribution in [-0.2, 0) is 36.3 Å². The Bertz CT molecular complexity index is 493. The number of rotatable bonds is 21. The van der Waals surface area contributed by atoms with Gasteiger partial charge in [-0.2, -0.15) is 0 Å². The molecule has 0 N–H and O–H groups in total. The second kappa shape index (κ2) is 24.8. The fourth-order valence-electron chi connectivity index (χ4n) is 1.42. The summed E-state index contributed by atoms with van der Waals surface area (Å²) in [6.45, 7) is 0.318. The Morgan fingerprint density at radius 1 is 0.441 bits per heavy atom. The highest BCUT2D eigenvalue weighted by atomic mass is 35.5. The van der Waals surface area contributed by atoms with Gasteiger partial charge in [0.2, 0.25) is 0 Å². The van der Waals surface area contributed by atoms with E-state index in [0.717, 1.165) is 0 Å². The molecule has 0 bridgehead atoms. The van der Waals surface area contributed by atoms with Crippen LogP contribution in [0, 0.1) is 0 Å². The summed E-state index contributed by atoms with van der Waals surface area (Å²) in [4.78, 5) is -1.89. The lowest BCUT2D eigenvalue weighted by Gasteiger charge is -2.18. The lowest BCUT2D eigenvalue weighted by molar-refractivity contribution is 0.112. The fraction of sp³-hybridized carbons (Fsp3) is 1.00. The average molecular weight is 716 g/mol. The number of hydrogen-bond acceptors (Lipinski definition) is 8. The minimum Gasteiger partial charge on any atom is -0.287 e. The quantitative estimate of drug-likeness (QED) is 0.0863. The first kappa shape index (κ1) is 39.0. The molecule has 0 amide bonds. The van der Waals surface area contributed by atoms with Crippen molar-refractivity contribution < 1.29 is 36.3 Å². The molecule has 0 aromatic rings. The van der Waals surface area contributed by atoms with Crippen LogP contribution in [0.25, 0.3) is 0 Å². The molecule has 0 aliphatic rings. The summed E-state index contributed by atoms with van der Waals surface area (Å²) in [7, 11) is -7.26. The zero-order chi connectivity index (χ0) is 26.5. The summed E-state index contributed by atoms with van der Waals surface area (Å²) in [6, 6.07) is 0. The Balaban J connectivity index is 0.